The number of aromatic nitrogens is 6. The predicted octanol–water partition coefficient (Wildman–Crippen LogP) is 7.63. The van der Waals surface area contributed by atoms with E-state index in [1.54, 1.807) is 12.2 Å². The van der Waals surface area contributed by atoms with Gasteiger partial charge in [0.1, 0.15) is 35.6 Å². The zero-order chi connectivity index (χ0) is 28.8. The SMILES string of the molecule is C=CC.C=Cc1[nH]c2ncnc(N)c2c1-c1ccc(C)cc1.Cc1ccc(-c2c(Br)[nH]c3ncnc(N)c23)cc1. The number of aromatic amines is 2. The second-order valence-electron chi connectivity index (χ2n) is 9.04. The molecule has 0 unspecified atom stereocenters. The molecule has 8 nitrogen and oxygen atoms in total. The molecule has 4 aromatic heterocycles. The first-order chi connectivity index (χ1) is 19.3. The summed E-state index contributed by atoms with van der Waals surface area (Å²) < 4.78 is 0.869. The number of hydrogen-bond donors (Lipinski definition) is 4. The molecule has 0 atom stereocenters. The molecule has 4 heterocycles. The van der Waals surface area contributed by atoms with Crippen molar-refractivity contribution in [2.24, 2.45) is 0 Å². The van der Waals surface area contributed by atoms with Crippen LogP contribution in [0, 0.1) is 13.8 Å². The minimum absolute atomic E-state index is 0.477. The number of aryl methyl sites for hydroxylation is 2. The average molecular weight is 596 g/mol. The third kappa shape index (κ3) is 5.79. The number of nitrogens with one attached hydrogen (secondary N) is 2. The molecule has 40 heavy (non-hydrogen) atoms. The molecule has 0 aliphatic heterocycles. The Morgan fingerprint density at radius 2 is 1.12 bits per heavy atom. The minimum atomic E-state index is 0.477. The second-order valence-corrected chi connectivity index (χ2v) is 9.83. The first kappa shape index (κ1) is 28.3. The van der Waals surface area contributed by atoms with E-state index in [-0.39, 0.29) is 0 Å². The summed E-state index contributed by atoms with van der Waals surface area (Å²) in [6.45, 7) is 13.2. The van der Waals surface area contributed by atoms with Gasteiger partial charge in [-0.1, -0.05) is 72.3 Å². The van der Waals surface area contributed by atoms with E-state index in [9.17, 15) is 0 Å². The summed E-state index contributed by atoms with van der Waals surface area (Å²) in [7, 11) is 0. The number of nitrogen functional groups attached to an aromatic ring is 2. The Bertz CT molecular complexity index is 1780. The van der Waals surface area contributed by atoms with Crippen LogP contribution in [0.3, 0.4) is 0 Å². The Morgan fingerprint density at radius 3 is 1.60 bits per heavy atom. The number of H-pyrrole nitrogens is 2. The van der Waals surface area contributed by atoms with Crippen molar-refractivity contribution in [1.29, 1.82) is 0 Å². The van der Waals surface area contributed by atoms with Gasteiger partial charge in [0.15, 0.2) is 0 Å². The summed E-state index contributed by atoms with van der Waals surface area (Å²) in [5, 5.41) is 1.70. The van der Waals surface area contributed by atoms with Gasteiger partial charge in [-0.15, -0.1) is 6.58 Å². The van der Waals surface area contributed by atoms with Gasteiger partial charge in [0, 0.05) is 16.8 Å². The van der Waals surface area contributed by atoms with E-state index in [0.717, 1.165) is 54.6 Å². The van der Waals surface area contributed by atoms with Gasteiger partial charge in [0.25, 0.3) is 0 Å². The van der Waals surface area contributed by atoms with Crippen molar-refractivity contribution in [2.75, 3.05) is 11.5 Å². The fourth-order valence-corrected chi connectivity index (χ4v) is 4.86. The molecule has 0 saturated carbocycles. The molecule has 0 radical (unpaired) electrons. The van der Waals surface area contributed by atoms with Gasteiger partial charge in [-0.3, -0.25) is 0 Å². The van der Waals surface area contributed by atoms with Crippen molar-refractivity contribution in [3.8, 4) is 22.3 Å². The Morgan fingerprint density at radius 1 is 0.700 bits per heavy atom. The molecule has 0 aliphatic rings. The van der Waals surface area contributed by atoms with E-state index in [2.05, 4.69) is 121 Å². The Hall–Kier alpha value is -4.76. The molecule has 0 spiro atoms. The third-order valence-corrected chi connectivity index (χ3v) is 6.70. The molecular formula is C31H31BrN8. The van der Waals surface area contributed by atoms with Gasteiger partial charge < -0.3 is 21.4 Å². The lowest BCUT2D eigenvalue weighted by molar-refractivity contribution is 1.20. The Labute approximate surface area is 241 Å². The van der Waals surface area contributed by atoms with Gasteiger partial charge in [0.05, 0.1) is 15.4 Å². The molecule has 6 N–H and O–H groups in total. The van der Waals surface area contributed by atoms with E-state index in [1.165, 1.54) is 23.8 Å². The first-order valence-corrected chi connectivity index (χ1v) is 13.3. The Balaban J connectivity index is 0.000000169. The van der Waals surface area contributed by atoms with E-state index >= 15 is 0 Å². The van der Waals surface area contributed by atoms with Crippen molar-refractivity contribution < 1.29 is 0 Å². The minimum Gasteiger partial charge on any atom is -0.383 e. The van der Waals surface area contributed by atoms with Gasteiger partial charge in [-0.2, -0.15) is 0 Å². The van der Waals surface area contributed by atoms with E-state index in [1.807, 2.05) is 6.92 Å². The highest BCUT2D eigenvalue weighted by molar-refractivity contribution is 9.10. The highest BCUT2D eigenvalue weighted by atomic mass is 79.9. The lowest BCUT2D eigenvalue weighted by Gasteiger charge is -2.04. The van der Waals surface area contributed by atoms with E-state index in [4.69, 9.17) is 11.5 Å². The van der Waals surface area contributed by atoms with Crippen molar-refractivity contribution in [2.45, 2.75) is 20.8 Å². The largest absolute Gasteiger partial charge is 0.383 e. The van der Waals surface area contributed by atoms with Crippen LogP contribution in [0.2, 0.25) is 0 Å². The van der Waals surface area contributed by atoms with Gasteiger partial charge >= 0.3 is 0 Å². The number of anilines is 2. The fraction of sp³-hybridized carbons (Fsp3) is 0.0968. The highest BCUT2D eigenvalue weighted by Gasteiger charge is 2.16. The summed E-state index contributed by atoms with van der Waals surface area (Å²) in [5.41, 5.74) is 20.9. The van der Waals surface area contributed by atoms with Gasteiger partial charge in [0.2, 0.25) is 0 Å². The molecule has 2 aromatic carbocycles. The lowest BCUT2D eigenvalue weighted by Crippen LogP contribution is -1.92. The summed E-state index contributed by atoms with van der Waals surface area (Å²) in [6.07, 6.45) is 6.44. The van der Waals surface area contributed by atoms with Crippen LogP contribution >= 0.6 is 15.9 Å². The number of allylic oxidation sites excluding steroid dienone is 1. The van der Waals surface area contributed by atoms with Gasteiger partial charge in [-0.05, 0) is 53.9 Å². The first-order valence-electron chi connectivity index (χ1n) is 12.5. The van der Waals surface area contributed by atoms with Crippen LogP contribution in [0.1, 0.15) is 23.7 Å². The van der Waals surface area contributed by atoms with Crippen molar-refractivity contribution >= 4 is 55.7 Å². The summed E-state index contributed by atoms with van der Waals surface area (Å²) in [4.78, 5) is 22.9. The van der Waals surface area contributed by atoms with Crippen LogP contribution < -0.4 is 11.5 Å². The molecule has 0 aliphatic carbocycles. The van der Waals surface area contributed by atoms with Crippen molar-refractivity contribution in [3.63, 3.8) is 0 Å². The third-order valence-electron chi connectivity index (χ3n) is 6.11. The maximum atomic E-state index is 5.99. The molecule has 0 bridgehead atoms. The standard InChI is InChI=1S/C15H14N4.C13H11BrN4.C3H6/c1-3-11-12(10-6-4-9(2)5-7-10)13-14(16)17-8-18-15(13)19-11;1-7-2-4-8(5-3-7)9-10-12(15)16-6-17-13(10)18-11(9)14;1-3-2/h3-8H,1H2,2H3,(H3,16,17,18,19);2-6H,1H3,(H3,15,16,17,18);3H,1H2,2H3. The van der Waals surface area contributed by atoms with Crippen molar-refractivity contribution in [3.05, 3.63) is 102 Å². The number of fused-ring (bicyclic) bond motifs is 2. The van der Waals surface area contributed by atoms with Crippen LogP contribution in [0.25, 0.3) is 50.4 Å². The topological polar surface area (TPSA) is 135 Å². The van der Waals surface area contributed by atoms with Crippen molar-refractivity contribution in [1.82, 2.24) is 29.9 Å². The molecule has 202 valence electrons. The monoisotopic (exact) mass is 594 g/mol. The quantitative estimate of drug-likeness (QED) is 0.155. The summed E-state index contributed by atoms with van der Waals surface area (Å²) in [6, 6.07) is 16.5. The second kappa shape index (κ2) is 12.4. The number of benzene rings is 2. The van der Waals surface area contributed by atoms with Crippen LogP contribution in [0.15, 0.2) is 85.0 Å². The van der Waals surface area contributed by atoms with Gasteiger partial charge in [-0.25, -0.2) is 19.9 Å². The Kier molecular flexibility index (Phi) is 8.76. The van der Waals surface area contributed by atoms with Crippen LogP contribution in [0.5, 0.6) is 0 Å². The lowest BCUT2D eigenvalue weighted by atomic mass is 10.0. The molecule has 6 aromatic rings. The normalized spacial score (nSPS) is 10.4. The number of nitrogens with two attached hydrogens (primary N) is 2. The summed E-state index contributed by atoms with van der Waals surface area (Å²) in [5.74, 6) is 0.961. The van der Waals surface area contributed by atoms with E-state index in [0.29, 0.717) is 11.6 Å². The zero-order valence-electron chi connectivity index (χ0n) is 22.7. The molecule has 0 saturated heterocycles. The molecular weight excluding hydrogens is 564 g/mol. The van der Waals surface area contributed by atoms with Crippen LogP contribution in [-0.2, 0) is 0 Å². The number of hydrogen-bond acceptors (Lipinski definition) is 6. The molecule has 0 amide bonds. The molecule has 6 rings (SSSR count). The maximum Gasteiger partial charge on any atom is 0.144 e. The molecule has 0 fully saturated rings. The summed E-state index contributed by atoms with van der Waals surface area (Å²) >= 11 is 3.52. The molecule has 9 heteroatoms. The fourth-order valence-electron chi connectivity index (χ4n) is 4.25. The van der Waals surface area contributed by atoms with Crippen LogP contribution in [0.4, 0.5) is 11.6 Å². The number of rotatable bonds is 3. The zero-order valence-corrected chi connectivity index (χ0v) is 24.2. The van der Waals surface area contributed by atoms with E-state index < -0.39 is 0 Å². The van der Waals surface area contributed by atoms with Crippen LogP contribution in [-0.4, -0.2) is 29.9 Å². The predicted molar refractivity (Wildman–Crippen MR) is 171 cm³/mol. The highest BCUT2D eigenvalue weighted by Crippen LogP contribution is 2.37. The smallest absolute Gasteiger partial charge is 0.144 e. The number of halogens is 1. The number of nitrogens with zero attached hydrogens (tertiary/aromatic N) is 4. The average Bonchev–Trinajstić information content (AvgIpc) is 3.49. The maximum absolute atomic E-state index is 5.99.